The van der Waals surface area contributed by atoms with Gasteiger partial charge in [0.25, 0.3) is 0 Å². The Balaban J connectivity index is 1.18. The molecule has 0 amide bonds. The van der Waals surface area contributed by atoms with Gasteiger partial charge in [-0.15, -0.1) is 22.7 Å². The molecular weight excluding hydrogens is 641 g/mol. The minimum atomic E-state index is 1.24. The molecule has 0 unspecified atom stereocenters. The third-order valence-electron chi connectivity index (χ3n) is 10.4. The molecule has 0 atom stereocenters. The molecule has 9 aromatic carbocycles. The molecule has 0 aliphatic rings. The Morgan fingerprint density at radius 1 is 0.280 bits per heavy atom. The van der Waals surface area contributed by atoms with E-state index in [9.17, 15) is 0 Å². The average Bonchev–Trinajstić information content (AvgIpc) is 3.75. The summed E-state index contributed by atoms with van der Waals surface area (Å²) in [5.74, 6) is 0. The minimum absolute atomic E-state index is 1.24. The molecule has 0 saturated carbocycles. The van der Waals surface area contributed by atoms with E-state index in [2.05, 4.69) is 170 Å². The molecule has 0 nitrogen and oxygen atoms in total. The molecular formula is C48H28S2. The highest BCUT2D eigenvalue weighted by molar-refractivity contribution is 7.30. The van der Waals surface area contributed by atoms with Crippen molar-refractivity contribution < 1.29 is 0 Å². The first kappa shape index (κ1) is 28.1. The van der Waals surface area contributed by atoms with Gasteiger partial charge in [-0.1, -0.05) is 146 Å². The van der Waals surface area contributed by atoms with Crippen LogP contribution in [0.5, 0.6) is 0 Å². The van der Waals surface area contributed by atoms with E-state index in [1.807, 2.05) is 22.7 Å². The first-order valence-electron chi connectivity index (χ1n) is 17.1. The molecule has 2 heteroatoms. The third kappa shape index (κ3) is 4.04. The van der Waals surface area contributed by atoms with Gasteiger partial charge in [0.15, 0.2) is 0 Å². The zero-order chi connectivity index (χ0) is 32.8. The fourth-order valence-corrected chi connectivity index (χ4v) is 10.8. The summed E-state index contributed by atoms with van der Waals surface area (Å²) in [6.07, 6.45) is 0. The van der Waals surface area contributed by atoms with Crippen LogP contribution in [-0.4, -0.2) is 0 Å². The summed E-state index contributed by atoms with van der Waals surface area (Å²) in [6.45, 7) is 0. The van der Waals surface area contributed by atoms with E-state index < -0.39 is 0 Å². The molecule has 0 bridgehead atoms. The fourth-order valence-electron chi connectivity index (χ4n) is 8.34. The second-order valence-electron chi connectivity index (χ2n) is 13.1. The molecule has 0 aliphatic heterocycles. The summed E-state index contributed by atoms with van der Waals surface area (Å²) in [4.78, 5) is 0. The Kier molecular flexibility index (Phi) is 6.09. The summed E-state index contributed by atoms with van der Waals surface area (Å²) in [5.41, 5.74) is 7.59. The predicted molar refractivity (Wildman–Crippen MR) is 221 cm³/mol. The van der Waals surface area contributed by atoms with Crippen LogP contribution in [0.15, 0.2) is 170 Å². The average molecular weight is 669 g/mol. The topological polar surface area (TPSA) is 0 Å². The third-order valence-corrected chi connectivity index (χ3v) is 12.7. The highest BCUT2D eigenvalue weighted by Crippen LogP contribution is 2.49. The lowest BCUT2D eigenvalue weighted by Crippen LogP contribution is -1.91. The van der Waals surface area contributed by atoms with E-state index in [0.717, 1.165) is 0 Å². The van der Waals surface area contributed by atoms with Gasteiger partial charge in [-0.05, 0) is 90.0 Å². The van der Waals surface area contributed by atoms with Crippen molar-refractivity contribution in [2.75, 3.05) is 0 Å². The molecule has 2 heterocycles. The van der Waals surface area contributed by atoms with Crippen molar-refractivity contribution in [2.45, 2.75) is 0 Å². The summed E-state index contributed by atoms with van der Waals surface area (Å²) >= 11 is 3.85. The number of rotatable bonds is 3. The number of thiophene rings is 2. The second-order valence-corrected chi connectivity index (χ2v) is 15.3. The van der Waals surface area contributed by atoms with Gasteiger partial charge in [-0.25, -0.2) is 0 Å². The smallest absolute Gasteiger partial charge is 0.0448 e. The van der Waals surface area contributed by atoms with Crippen molar-refractivity contribution in [3.8, 4) is 33.4 Å². The zero-order valence-corrected chi connectivity index (χ0v) is 28.6. The van der Waals surface area contributed by atoms with Crippen LogP contribution < -0.4 is 0 Å². The molecule has 11 rings (SSSR count). The van der Waals surface area contributed by atoms with Crippen LogP contribution in [0.2, 0.25) is 0 Å². The van der Waals surface area contributed by atoms with Gasteiger partial charge >= 0.3 is 0 Å². The normalized spacial score (nSPS) is 12.0. The van der Waals surface area contributed by atoms with E-state index in [0.29, 0.717) is 0 Å². The Morgan fingerprint density at radius 3 is 1.56 bits per heavy atom. The second kappa shape index (κ2) is 10.9. The highest BCUT2D eigenvalue weighted by atomic mass is 32.1. The van der Waals surface area contributed by atoms with Crippen LogP contribution in [0.4, 0.5) is 0 Å². The van der Waals surface area contributed by atoms with Crippen molar-refractivity contribution in [1.82, 2.24) is 0 Å². The standard InChI is InChI=1S/C48H28S2/c1-2-13-29(14-3-1)44-35-20-6-8-22-37(35)45(38-23-9-7-21-36(38)44)31-16-12-15-30(27-31)40-28-43-46(34-19-5-4-17-32(34)40)47-42(49-43)26-25-39-33-18-10-11-24-41(33)50-48(39)47/h1-28H. The molecule has 11 aromatic rings. The predicted octanol–water partition coefficient (Wildman–Crippen LogP) is 14.9. The molecule has 0 saturated heterocycles. The highest BCUT2D eigenvalue weighted by Gasteiger charge is 2.20. The van der Waals surface area contributed by atoms with Gasteiger partial charge in [-0.3, -0.25) is 0 Å². The maximum Gasteiger partial charge on any atom is 0.0448 e. The Hall–Kier alpha value is -5.80. The SMILES string of the molecule is c1ccc(-c2c3ccccc3c(-c3cccc(-c4cc5sc6ccc7c8ccccc8sc7c6c5c5ccccc45)c3)c3ccccc23)cc1. The Labute approximate surface area is 297 Å². The van der Waals surface area contributed by atoms with Gasteiger partial charge in [0.1, 0.15) is 0 Å². The van der Waals surface area contributed by atoms with Crippen LogP contribution in [0.3, 0.4) is 0 Å². The van der Waals surface area contributed by atoms with Crippen molar-refractivity contribution in [2.24, 2.45) is 0 Å². The van der Waals surface area contributed by atoms with Crippen LogP contribution in [-0.2, 0) is 0 Å². The molecule has 0 spiro atoms. The number of hydrogen-bond donors (Lipinski definition) is 0. The lowest BCUT2D eigenvalue weighted by atomic mass is 9.85. The number of hydrogen-bond acceptors (Lipinski definition) is 2. The van der Waals surface area contributed by atoms with E-state index in [4.69, 9.17) is 0 Å². The first-order chi connectivity index (χ1) is 24.8. The van der Waals surface area contributed by atoms with Crippen molar-refractivity contribution in [3.63, 3.8) is 0 Å². The lowest BCUT2D eigenvalue weighted by Gasteiger charge is -2.18. The van der Waals surface area contributed by atoms with Crippen LogP contribution in [0, 0.1) is 0 Å². The molecule has 232 valence electrons. The van der Waals surface area contributed by atoms with E-state index in [1.54, 1.807) is 0 Å². The quantitative estimate of drug-likeness (QED) is 0.164. The summed E-state index contributed by atoms with van der Waals surface area (Å²) < 4.78 is 5.44. The fraction of sp³-hybridized carbons (Fsp3) is 0. The van der Waals surface area contributed by atoms with Gasteiger partial charge in [-0.2, -0.15) is 0 Å². The van der Waals surface area contributed by atoms with E-state index in [1.165, 1.54) is 106 Å². The van der Waals surface area contributed by atoms with Gasteiger partial charge in [0, 0.05) is 40.3 Å². The van der Waals surface area contributed by atoms with E-state index in [-0.39, 0.29) is 0 Å². The van der Waals surface area contributed by atoms with Crippen LogP contribution in [0.1, 0.15) is 0 Å². The summed E-state index contributed by atoms with van der Waals surface area (Å²) in [7, 11) is 0. The maximum absolute atomic E-state index is 2.45. The van der Waals surface area contributed by atoms with Gasteiger partial charge in [0.05, 0.1) is 0 Å². The van der Waals surface area contributed by atoms with E-state index >= 15 is 0 Å². The number of fused-ring (bicyclic) bond motifs is 11. The van der Waals surface area contributed by atoms with Crippen LogP contribution >= 0.6 is 22.7 Å². The summed E-state index contributed by atoms with van der Waals surface area (Å²) in [5, 5.41) is 13.2. The van der Waals surface area contributed by atoms with Gasteiger partial charge < -0.3 is 0 Å². The zero-order valence-electron chi connectivity index (χ0n) is 27.0. The van der Waals surface area contributed by atoms with Crippen molar-refractivity contribution in [3.05, 3.63) is 170 Å². The molecule has 0 aliphatic carbocycles. The molecule has 0 fully saturated rings. The maximum atomic E-state index is 2.45. The van der Waals surface area contributed by atoms with Crippen molar-refractivity contribution in [1.29, 1.82) is 0 Å². The Morgan fingerprint density at radius 2 is 0.840 bits per heavy atom. The lowest BCUT2D eigenvalue weighted by molar-refractivity contribution is 1.64. The molecule has 0 radical (unpaired) electrons. The first-order valence-corrected chi connectivity index (χ1v) is 18.7. The minimum Gasteiger partial charge on any atom is -0.135 e. The molecule has 0 N–H and O–H groups in total. The van der Waals surface area contributed by atoms with Crippen molar-refractivity contribution >= 4 is 95.3 Å². The monoisotopic (exact) mass is 668 g/mol. The largest absolute Gasteiger partial charge is 0.135 e. The Bertz CT molecular complexity index is 3080. The molecule has 2 aromatic heterocycles. The van der Waals surface area contributed by atoms with Gasteiger partial charge in [0.2, 0.25) is 0 Å². The van der Waals surface area contributed by atoms with Crippen LogP contribution in [0.25, 0.3) is 106 Å². The summed E-state index contributed by atoms with van der Waals surface area (Å²) in [6, 6.07) is 62.9. The molecule has 50 heavy (non-hydrogen) atoms. The number of benzene rings is 9.